The number of nitrogens with zero attached hydrogens (tertiary/aromatic N) is 1. The SMILES string of the molecule is COCCCCNC1CCN(C(=O)OC(C)(C)C)C1. The molecule has 1 fully saturated rings. The summed E-state index contributed by atoms with van der Waals surface area (Å²) in [4.78, 5) is 13.7. The van der Waals surface area contributed by atoms with E-state index < -0.39 is 5.60 Å². The van der Waals surface area contributed by atoms with Crippen molar-refractivity contribution in [2.24, 2.45) is 0 Å². The van der Waals surface area contributed by atoms with Gasteiger partial charge in [0.15, 0.2) is 0 Å². The Morgan fingerprint density at radius 2 is 2.11 bits per heavy atom. The molecule has 1 rings (SSSR count). The molecule has 5 nitrogen and oxygen atoms in total. The largest absolute Gasteiger partial charge is 0.444 e. The van der Waals surface area contributed by atoms with Gasteiger partial charge < -0.3 is 19.7 Å². The van der Waals surface area contributed by atoms with Crippen LogP contribution in [0.25, 0.3) is 0 Å². The maximum Gasteiger partial charge on any atom is 0.410 e. The van der Waals surface area contributed by atoms with E-state index in [1.807, 2.05) is 20.8 Å². The van der Waals surface area contributed by atoms with Gasteiger partial charge in [-0.1, -0.05) is 0 Å². The van der Waals surface area contributed by atoms with Crippen molar-refractivity contribution in [3.63, 3.8) is 0 Å². The van der Waals surface area contributed by atoms with Crippen LogP contribution in [-0.2, 0) is 9.47 Å². The zero-order valence-corrected chi connectivity index (χ0v) is 12.7. The van der Waals surface area contributed by atoms with Gasteiger partial charge in [-0.2, -0.15) is 0 Å². The summed E-state index contributed by atoms with van der Waals surface area (Å²) in [5.74, 6) is 0. The maximum atomic E-state index is 11.9. The van der Waals surface area contributed by atoms with Crippen molar-refractivity contribution in [2.75, 3.05) is 33.4 Å². The van der Waals surface area contributed by atoms with Crippen LogP contribution in [-0.4, -0.2) is 56.0 Å². The van der Waals surface area contributed by atoms with Crippen LogP contribution in [0.1, 0.15) is 40.0 Å². The highest BCUT2D eigenvalue weighted by Gasteiger charge is 2.29. The number of hydrogen-bond acceptors (Lipinski definition) is 4. The number of rotatable bonds is 6. The first-order valence-corrected chi connectivity index (χ1v) is 7.12. The molecule has 19 heavy (non-hydrogen) atoms. The van der Waals surface area contributed by atoms with Crippen molar-refractivity contribution >= 4 is 6.09 Å². The second kappa shape index (κ2) is 7.70. The summed E-state index contributed by atoms with van der Waals surface area (Å²) in [7, 11) is 1.73. The molecule has 1 unspecified atom stereocenters. The number of ether oxygens (including phenoxy) is 2. The normalized spacial score (nSPS) is 19.8. The Morgan fingerprint density at radius 1 is 1.37 bits per heavy atom. The molecule has 1 amide bonds. The van der Waals surface area contributed by atoms with Crippen molar-refractivity contribution in [3.8, 4) is 0 Å². The fraction of sp³-hybridized carbons (Fsp3) is 0.929. The van der Waals surface area contributed by atoms with Crippen LogP contribution in [0.5, 0.6) is 0 Å². The topological polar surface area (TPSA) is 50.8 Å². The number of hydrogen-bond donors (Lipinski definition) is 1. The van der Waals surface area contributed by atoms with E-state index in [4.69, 9.17) is 9.47 Å². The van der Waals surface area contributed by atoms with Gasteiger partial charge in [0.05, 0.1) is 0 Å². The molecule has 0 bridgehead atoms. The molecule has 1 aliphatic rings. The maximum absolute atomic E-state index is 11.9. The summed E-state index contributed by atoms with van der Waals surface area (Å²) in [6.07, 6.45) is 2.99. The van der Waals surface area contributed by atoms with Gasteiger partial charge in [-0.3, -0.25) is 0 Å². The standard InChI is InChI=1S/C14H28N2O3/c1-14(2,3)19-13(17)16-9-7-12(11-16)15-8-5-6-10-18-4/h12,15H,5-11H2,1-4H3. The summed E-state index contributed by atoms with van der Waals surface area (Å²) in [6, 6.07) is 0.398. The predicted molar refractivity (Wildman–Crippen MR) is 75.3 cm³/mol. The van der Waals surface area contributed by atoms with Gasteiger partial charge in [0.2, 0.25) is 0 Å². The van der Waals surface area contributed by atoms with Gasteiger partial charge in [-0.05, 0) is 46.6 Å². The number of carbonyl (C=O) groups is 1. The van der Waals surface area contributed by atoms with Crippen LogP contribution in [0, 0.1) is 0 Å². The summed E-state index contributed by atoms with van der Waals surface area (Å²) in [5.41, 5.74) is -0.414. The van der Waals surface area contributed by atoms with E-state index in [0.29, 0.717) is 6.04 Å². The minimum Gasteiger partial charge on any atom is -0.444 e. The lowest BCUT2D eigenvalue weighted by Crippen LogP contribution is -2.38. The molecule has 0 spiro atoms. The summed E-state index contributed by atoms with van der Waals surface area (Å²) >= 11 is 0. The van der Waals surface area contributed by atoms with Crippen LogP contribution >= 0.6 is 0 Å². The first-order valence-electron chi connectivity index (χ1n) is 7.12. The summed E-state index contributed by atoms with van der Waals surface area (Å²) in [6.45, 7) is 9.02. The highest BCUT2D eigenvalue weighted by atomic mass is 16.6. The lowest BCUT2D eigenvalue weighted by Gasteiger charge is -2.24. The number of unbranched alkanes of at least 4 members (excludes halogenated alkanes) is 1. The third kappa shape index (κ3) is 6.78. The van der Waals surface area contributed by atoms with E-state index >= 15 is 0 Å². The van der Waals surface area contributed by atoms with Crippen LogP contribution in [0.15, 0.2) is 0 Å². The average molecular weight is 272 g/mol. The van der Waals surface area contributed by atoms with E-state index in [1.54, 1.807) is 12.0 Å². The third-order valence-electron chi connectivity index (χ3n) is 3.05. The molecule has 0 saturated carbocycles. The molecule has 1 N–H and O–H groups in total. The Morgan fingerprint density at radius 3 is 2.74 bits per heavy atom. The summed E-state index contributed by atoms with van der Waals surface area (Å²) < 4.78 is 10.4. The first-order chi connectivity index (χ1) is 8.92. The van der Waals surface area contributed by atoms with Crippen molar-refractivity contribution in [2.45, 2.75) is 51.7 Å². The van der Waals surface area contributed by atoms with Gasteiger partial charge in [0.1, 0.15) is 5.60 Å². The Labute approximate surface area is 116 Å². The fourth-order valence-corrected chi connectivity index (χ4v) is 2.10. The van der Waals surface area contributed by atoms with Gasteiger partial charge >= 0.3 is 6.09 Å². The number of nitrogens with one attached hydrogen (secondary N) is 1. The Hall–Kier alpha value is -0.810. The molecule has 112 valence electrons. The predicted octanol–water partition coefficient (Wildman–Crippen LogP) is 2.01. The Bertz CT molecular complexity index is 276. The lowest BCUT2D eigenvalue weighted by molar-refractivity contribution is 0.0291. The van der Waals surface area contributed by atoms with Gasteiger partial charge in [-0.25, -0.2) is 4.79 Å². The molecular weight excluding hydrogens is 244 g/mol. The molecular formula is C14H28N2O3. The lowest BCUT2D eigenvalue weighted by atomic mass is 10.2. The van der Waals surface area contributed by atoms with E-state index in [9.17, 15) is 4.79 Å². The third-order valence-corrected chi connectivity index (χ3v) is 3.05. The first kappa shape index (κ1) is 16.2. The molecule has 5 heteroatoms. The van der Waals surface area contributed by atoms with Crippen LogP contribution in [0.4, 0.5) is 4.79 Å². The molecule has 0 aromatic rings. The fourth-order valence-electron chi connectivity index (χ4n) is 2.10. The average Bonchev–Trinajstić information content (AvgIpc) is 2.75. The Kier molecular flexibility index (Phi) is 6.58. The van der Waals surface area contributed by atoms with E-state index in [2.05, 4.69) is 5.32 Å². The zero-order chi connectivity index (χ0) is 14.3. The van der Waals surface area contributed by atoms with Gasteiger partial charge in [-0.15, -0.1) is 0 Å². The smallest absolute Gasteiger partial charge is 0.410 e. The zero-order valence-electron chi connectivity index (χ0n) is 12.7. The van der Waals surface area contributed by atoms with Crippen molar-refractivity contribution in [1.29, 1.82) is 0 Å². The van der Waals surface area contributed by atoms with Gasteiger partial charge in [0, 0.05) is 32.8 Å². The van der Waals surface area contributed by atoms with E-state index in [-0.39, 0.29) is 6.09 Å². The van der Waals surface area contributed by atoms with Crippen LogP contribution < -0.4 is 5.32 Å². The number of carbonyl (C=O) groups excluding carboxylic acids is 1. The monoisotopic (exact) mass is 272 g/mol. The summed E-state index contributed by atoms with van der Waals surface area (Å²) in [5, 5.41) is 3.48. The second-order valence-electron chi connectivity index (χ2n) is 6.07. The molecule has 0 radical (unpaired) electrons. The second-order valence-corrected chi connectivity index (χ2v) is 6.07. The van der Waals surface area contributed by atoms with Crippen LogP contribution in [0.2, 0.25) is 0 Å². The highest BCUT2D eigenvalue weighted by molar-refractivity contribution is 5.68. The molecule has 0 aliphatic carbocycles. The Balaban J connectivity index is 2.17. The molecule has 0 aromatic heterocycles. The number of methoxy groups -OCH3 is 1. The highest BCUT2D eigenvalue weighted by Crippen LogP contribution is 2.15. The molecule has 1 saturated heterocycles. The van der Waals surface area contributed by atoms with Crippen molar-refractivity contribution < 1.29 is 14.3 Å². The quantitative estimate of drug-likeness (QED) is 0.752. The number of amides is 1. The minimum absolute atomic E-state index is 0.198. The molecule has 0 aromatic carbocycles. The molecule has 1 aliphatic heterocycles. The molecule has 1 heterocycles. The van der Waals surface area contributed by atoms with Gasteiger partial charge in [0.25, 0.3) is 0 Å². The van der Waals surface area contributed by atoms with Crippen molar-refractivity contribution in [1.82, 2.24) is 10.2 Å². The molecule has 1 atom stereocenters. The van der Waals surface area contributed by atoms with E-state index in [0.717, 1.165) is 45.5 Å². The van der Waals surface area contributed by atoms with Crippen LogP contribution in [0.3, 0.4) is 0 Å². The van der Waals surface area contributed by atoms with Crippen molar-refractivity contribution in [3.05, 3.63) is 0 Å². The van der Waals surface area contributed by atoms with E-state index in [1.165, 1.54) is 0 Å². The number of likely N-dealkylation sites (tertiary alicyclic amines) is 1. The minimum atomic E-state index is -0.414.